The van der Waals surface area contributed by atoms with Crippen LogP contribution in [0.15, 0.2) is 83.4 Å². The number of hydrogen-bond acceptors (Lipinski definition) is 6. The van der Waals surface area contributed by atoms with Crippen molar-refractivity contribution in [1.82, 2.24) is 10.6 Å². The Morgan fingerprint density at radius 3 is 2.11 bits per heavy atom. The average Bonchev–Trinajstić information content (AvgIpc) is 3.27. The van der Waals surface area contributed by atoms with Crippen LogP contribution in [-0.4, -0.2) is 38.4 Å². The second-order valence-electron chi connectivity index (χ2n) is 7.88. The van der Waals surface area contributed by atoms with Gasteiger partial charge in [-0.25, -0.2) is 4.99 Å². The highest BCUT2D eigenvalue weighted by atomic mass is 16.5. The number of carbonyl (C=O) groups excluding carboxylic acids is 2. The highest BCUT2D eigenvalue weighted by molar-refractivity contribution is 6.20. The Hall–Kier alpha value is -4.90. The first-order valence-corrected chi connectivity index (χ1v) is 11.2. The van der Waals surface area contributed by atoms with Crippen molar-refractivity contribution >= 4 is 23.3 Å². The van der Waals surface area contributed by atoms with Crippen molar-refractivity contribution in [3.05, 3.63) is 101 Å². The fourth-order valence-corrected chi connectivity index (χ4v) is 3.75. The molecule has 0 saturated heterocycles. The Morgan fingerprint density at radius 2 is 1.50 bits per heavy atom. The third-order valence-electron chi connectivity index (χ3n) is 5.68. The molecule has 3 aromatic carbocycles. The number of nitrogens with one attached hydrogen (secondary N) is 2. The van der Waals surface area contributed by atoms with E-state index in [9.17, 15) is 14.9 Å². The van der Waals surface area contributed by atoms with E-state index in [1.807, 2.05) is 30.3 Å². The maximum atomic E-state index is 12.9. The van der Waals surface area contributed by atoms with E-state index < -0.39 is 5.91 Å². The first kappa shape index (κ1) is 24.2. The molecule has 2 N–H and O–H groups in total. The summed E-state index contributed by atoms with van der Waals surface area (Å²) < 4.78 is 10.3. The summed E-state index contributed by atoms with van der Waals surface area (Å²) in [7, 11) is 3.15. The van der Waals surface area contributed by atoms with E-state index in [-0.39, 0.29) is 23.0 Å². The van der Waals surface area contributed by atoms with E-state index in [0.717, 1.165) is 11.3 Å². The molecule has 0 spiro atoms. The second kappa shape index (κ2) is 11.0. The van der Waals surface area contributed by atoms with Gasteiger partial charge >= 0.3 is 0 Å². The average molecular weight is 481 g/mol. The van der Waals surface area contributed by atoms with Crippen LogP contribution in [0.25, 0.3) is 5.70 Å². The van der Waals surface area contributed by atoms with Gasteiger partial charge in [0.25, 0.3) is 11.8 Å². The quantitative estimate of drug-likeness (QED) is 0.397. The molecule has 36 heavy (non-hydrogen) atoms. The number of ether oxygens (including phenoxy) is 2. The number of amidine groups is 1. The molecule has 1 aliphatic heterocycles. The van der Waals surface area contributed by atoms with Crippen molar-refractivity contribution in [1.29, 1.82) is 5.26 Å². The van der Waals surface area contributed by atoms with Crippen molar-refractivity contribution in [3.8, 4) is 17.6 Å². The lowest BCUT2D eigenvalue weighted by atomic mass is 10.0. The molecule has 1 aliphatic rings. The number of nitriles is 1. The number of benzene rings is 3. The second-order valence-corrected chi connectivity index (χ2v) is 7.88. The van der Waals surface area contributed by atoms with E-state index in [0.29, 0.717) is 35.4 Å². The van der Waals surface area contributed by atoms with Crippen LogP contribution >= 0.6 is 0 Å². The van der Waals surface area contributed by atoms with Gasteiger partial charge in [-0.1, -0.05) is 36.4 Å². The highest BCUT2D eigenvalue weighted by Gasteiger charge is 2.27. The van der Waals surface area contributed by atoms with Crippen LogP contribution in [0.4, 0.5) is 0 Å². The molecule has 0 unspecified atom stereocenters. The van der Waals surface area contributed by atoms with Crippen molar-refractivity contribution in [2.45, 2.75) is 6.42 Å². The zero-order valence-corrected chi connectivity index (χ0v) is 19.9. The molecule has 0 bridgehead atoms. The molecule has 0 fully saturated rings. The molecule has 180 valence electrons. The number of fused-ring (bicyclic) bond motifs is 1. The van der Waals surface area contributed by atoms with Crippen LogP contribution in [0, 0.1) is 11.3 Å². The van der Waals surface area contributed by atoms with Crippen molar-refractivity contribution < 1.29 is 19.1 Å². The van der Waals surface area contributed by atoms with Gasteiger partial charge in [-0.2, -0.15) is 5.26 Å². The summed E-state index contributed by atoms with van der Waals surface area (Å²) in [6.45, 7) is 0.343. The van der Waals surface area contributed by atoms with E-state index >= 15 is 0 Å². The van der Waals surface area contributed by atoms with E-state index in [1.165, 1.54) is 0 Å². The van der Waals surface area contributed by atoms with Gasteiger partial charge < -0.3 is 20.1 Å². The first-order valence-electron chi connectivity index (χ1n) is 11.2. The van der Waals surface area contributed by atoms with Gasteiger partial charge in [-0.15, -0.1) is 0 Å². The van der Waals surface area contributed by atoms with Gasteiger partial charge in [-0.3, -0.25) is 9.59 Å². The molecule has 0 aliphatic carbocycles. The minimum absolute atomic E-state index is 0.120. The normalized spacial score (nSPS) is 13.1. The predicted octanol–water partition coefficient (Wildman–Crippen LogP) is 3.49. The third-order valence-corrected chi connectivity index (χ3v) is 5.68. The van der Waals surface area contributed by atoms with Crippen LogP contribution < -0.4 is 20.1 Å². The Labute approximate surface area is 208 Å². The maximum absolute atomic E-state index is 12.9. The van der Waals surface area contributed by atoms with Crippen molar-refractivity contribution in [2.75, 3.05) is 20.8 Å². The molecular formula is C28H24N4O4. The van der Waals surface area contributed by atoms with Gasteiger partial charge in [0.2, 0.25) is 0 Å². The number of rotatable bonds is 7. The maximum Gasteiger partial charge on any atom is 0.264 e. The predicted molar refractivity (Wildman–Crippen MR) is 136 cm³/mol. The standard InChI is InChI=1S/C28H24N4O4/c1-35-20-11-7-18(8-12-20)15-16-30-28(34)24(17-29)25-22-5-3-4-6-23(22)26(31-25)32-27(33)19-9-13-21(36-2)14-10-19/h3-14H,15-16H2,1-2H3,(H,30,34)(H,31,32,33)/b25-24+. The molecule has 1 heterocycles. The van der Waals surface area contributed by atoms with Crippen LogP contribution in [0.3, 0.4) is 0 Å². The monoisotopic (exact) mass is 480 g/mol. The van der Waals surface area contributed by atoms with Crippen LogP contribution in [-0.2, 0) is 11.2 Å². The van der Waals surface area contributed by atoms with Gasteiger partial charge in [-0.05, 0) is 48.4 Å². The topological polar surface area (TPSA) is 113 Å². The van der Waals surface area contributed by atoms with Gasteiger partial charge in [0.1, 0.15) is 29.0 Å². The fourth-order valence-electron chi connectivity index (χ4n) is 3.75. The lowest BCUT2D eigenvalue weighted by Crippen LogP contribution is -2.30. The Balaban J connectivity index is 1.52. The Bertz CT molecular complexity index is 1380. The lowest BCUT2D eigenvalue weighted by Gasteiger charge is -2.07. The van der Waals surface area contributed by atoms with E-state index in [4.69, 9.17) is 9.47 Å². The molecule has 4 rings (SSSR count). The number of hydrogen-bond donors (Lipinski definition) is 2. The number of amides is 2. The summed E-state index contributed by atoms with van der Waals surface area (Å²) in [6, 6.07) is 23.3. The largest absolute Gasteiger partial charge is 0.497 e. The summed E-state index contributed by atoms with van der Waals surface area (Å²) in [5.41, 5.74) is 2.78. The minimum Gasteiger partial charge on any atom is -0.497 e. The molecule has 3 aromatic rings. The summed E-state index contributed by atoms with van der Waals surface area (Å²) in [6.07, 6.45) is 0.590. The van der Waals surface area contributed by atoms with Crippen molar-refractivity contribution in [3.63, 3.8) is 0 Å². The summed E-state index contributed by atoms with van der Waals surface area (Å²) in [5.74, 6) is 0.779. The molecule has 8 nitrogen and oxygen atoms in total. The SMILES string of the molecule is COc1ccc(CCNC(=O)/C(C#N)=C2/N=C(NC(=O)c3ccc(OC)cc3)c3ccccc32)cc1. The highest BCUT2D eigenvalue weighted by Crippen LogP contribution is 2.30. The van der Waals surface area contributed by atoms with Crippen LogP contribution in [0.2, 0.25) is 0 Å². The van der Waals surface area contributed by atoms with Crippen LogP contribution in [0.1, 0.15) is 27.0 Å². The number of aliphatic imine (C=N–C) groups is 1. The van der Waals surface area contributed by atoms with E-state index in [1.54, 1.807) is 62.8 Å². The summed E-state index contributed by atoms with van der Waals surface area (Å²) in [4.78, 5) is 30.2. The summed E-state index contributed by atoms with van der Waals surface area (Å²) >= 11 is 0. The zero-order chi connectivity index (χ0) is 25.5. The fraction of sp³-hybridized carbons (Fsp3) is 0.143. The van der Waals surface area contributed by atoms with Gasteiger partial charge in [0, 0.05) is 23.2 Å². The summed E-state index contributed by atoms with van der Waals surface area (Å²) in [5, 5.41) is 15.4. The van der Waals surface area contributed by atoms with Crippen LogP contribution in [0.5, 0.6) is 11.5 Å². The molecule has 0 radical (unpaired) electrons. The minimum atomic E-state index is -0.526. The van der Waals surface area contributed by atoms with E-state index in [2.05, 4.69) is 15.6 Å². The molecule has 8 heteroatoms. The number of carbonyl (C=O) groups is 2. The zero-order valence-electron chi connectivity index (χ0n) is 19.9. The Morgan fingerprint density at radius 1 is 0.889 bits per heavy atom. The smallest absolute Gasteiger partial charge is 0.264 e. The third kappa shape index (κ3) is 5.26. The lowest BCUT2D eigenvalue weighted by molar-refractivity contribution is -0.117. The molecular weight excluding hydrogens is 456 g/mol. The number of methoxy groups -OCH3 is 2. The molecule has 2 amide bonds. The van der Waals surface area contributed by atoms with Crippen molar-refractivity contribution in [2.24, 2.45) is 4.99 Å². The van der Waals surface area contributed by atoms with Gasteiger partial charge in [0.05, 0.1) is 19.9 Å². The van der Waals surface area contributed by atoms with Gasteiger partial charge in [0.15, 0.2) is 0 Å². The number of nitrogens with zero attached hydrogens (tertiary/aromatic N) is 2. The molecule has 0 aromatic heterocycles. The Kier molecular flexibility index (Phi) is 7.42. The molecule has 0 atom stereocenters. The molecule has 0 saturated carbocycles. The first-order chi connectivity index (χ1) is 17.5.